The summed E-state index contributed by atoms with van der Waals surface area (Å²) in [6, 6.07) is 18.2. The predicted octanol–water partition coefficient (Wildman–Crippen LogP) is 4.49. The molecule has 4 aromatic rings. The van der Waals surface area contributed by atoms with Crippen LogP contribution in [0.15, 0.2) is 77.8 Å². The largest absolute Gasteiger partial charge is 0.310 e. The molecular formula is C26H25FN4O3S. The van der Waals surface area contributed by atoms with Crippen LogP contribution in [0, 0.1) is 18.7 Å². The maximum atomic E-state index is 13.4. The topological polar surface area (TPSA) is 83.8 Å². The van der Waals surface area contributed by atoms with Crippen LogP contribution in [-0.2, 0) is 14.8 Å². The molecule has 0 aliphatic carbocycles. The number of hydrogen-bond acceptors (Lipinski definition) is 4. The third-order valence-electron chi connectivity index (χ3n) is 6.34. The van der Waals surface area contributed by atoms with Crippen LogP contribution in [0.4, 0.5) is 10.2 Å². The van der Waals surface area contributed by atoms with Crippen molar-refractivity contribution in [3.63, 3.8) is 0 Å². The zero-order chi connectivity index (χ0) is 24.6. The summed E-state index contributed by atoms with van der Waals surface area (Å²) in [7, 11) is -3.83. The van der Waals surface area contributed by atoms with Crippen LogP contribution in [0.1, 0.15) is 18.4 Å². The minimum absolute atomic E-state index is 0.0172. The Bertz CT molecular complexity index is 1480. The number of nitrogens with one attached hydrogen (secondary N) is 1. The number of carbonyl (C=O) groups excluding carboxylic acids is 1. The van der Waals surface area contributed by atoms with Gasteiger partial charge in [-0.2, -0.15) is 4.31 Å². The van der Waals surface area contributed by atoms with Gasteiger partial charge in [0.05, 0.1) is 10.8 Å². The number of hydrogen-bond donors (Lipinski definition) is 1. The third kappa shape index (κ3) is 4.44. The third-order valence-corrected chi connectivity index (χ3v) is 8.22. The van der Waals surface area contributed by atoms with Crippen molar-refractivity contribution in [3.8, 4) is 11.3 Å². The van der Waals surface area contributed by atoms with Crippen molar-refractivity contribution in [3.05, 3.63) is 84.3 Å². The molecule has 7 nitrogen and oxygen atoms in total. The minimum Gasteiger partial charge on any atom is -0.310 e. The van der Waals surface area contributed by atoms with Crippen molar-refractivity contribution in [2.24, 2.45) is 5.92 Å². The Hall–Kier alpha value is -3.56. The second-order valence-corrected chi connectivity index (χ2v) is 10.6. The second-order valence-electron chi connectivity index (χ2n) is 8.71. The van der Waals surface area contributed by atoms with Gasteiger partial charge in [-0.15, -0.1) is 0 Å². The standard InChI is InChI=1S/C26H25FN4O3S/c1-18-7-5-16-31-24(18)28-23(19-8-3-2-4-9-19)25(31)29-26(32)20-10-6-15-30(17-20)35(33,34)22-13-11-21(27)12-14-22/h2-5,7-9,11-14,16,20H,6,10,15,17H2,1H3,(H,29,32). The first-order chi connectivity index (χ1) is 16.8. The van der Waals surface area contributed by atoms with Gasteiger partial charge in [0, 0.05) is 24.8 Å². The highest BCUT2D eigenvalue weighted by atomic mass is 32.2. The number of piperidine rings is 1. The number of fused-ring (bicyclic) bond motifs is 1. The molecule has 5 rings (SSSR count). The number of aryl methyl sites for hydroxylation is 1. The van der Waals surface area contributed by atoms with E-state index in [0.717, 1.165) is 28.9 Å². The average molecular weight is 493 g/mol. The molecule has 1 atom stereocenters. The molecule has 0 radical (unpaired) electrons. The molecule has 35 heavy (non-hydrogen) atoms. The first kappa shape index (κ1) is 23.2. The van der Waals surface area contributed by atoms with E-state index in [9.17, 15) is 17.6 Å². The van der Waals surface area contributed by atoms with Crippen LogP contribution >= 0.6 is 0 Å². The van der Waals surface area contributed by atoms with Crippen molar-refractivity contribution in [2.75, 3.05) is 18.4 Å². The van der Waals surface area contributed by atoms with Gasteiger partial charge in [0.15, 0.2) is 0 Å². The maximum absolute atomic E-state index is 13.4. The van der Waals surface area contributed by atoms with Gasteiger partial charge in [-0.25, -0.2) is 17.8 Å². The summed E-state index contributed by atoms with van der Waals surface area (Å²) in [5, 5.41) is 3.04. The van der Waals surface area contributed by atoms with Crippen LogP contribution in [0.3, 0.4) is 0 Å². The lowest BCUT2D eigenvalue weighted by molar-refractivity contribution is -0.120. The summed E-state index contributed by atoms with van der Waals surface area (Å²) in [6.45, 7) is 2.33. The van der Waals surface area contributed by atoms with Gasteiger partial charge in [-0.3, -0.25) is 9.20 Å². The molecule has 1 amide bonds. The Morgan fingerprint density at radius 2 is 1.80 bits per heavy atom. The molecule has 1 fully saturated rings. The van der Waals surface area contributed by atoms with Crippen LogP contribution in [0.2, 0.25) is 0 Å². The van der Waals surface area contributed by atoms with Crippen LogP contribution < -0.4 is 5.32 Å². The van der Waals surface area contributed by atoms with E-state index in [1.807, 2.05) is 60.0 Å². The van der Waals surface area contributed by atoms with Crippen LogP contribution in [0.25, 0.3) is 16.9 Å². The number of benzene rings is 2. The van der Waals surface area contributed by atoms with E-state index in [-0.39, 0.29) is 17.3 Å². The molecule has 0 spiro atoms. The number of anilines is 1. The zero-order valence-corrected chi connectivity index (χ0v) is 20.0. The molecule has 9 heteroatoms. The molecular weight excluding hydrogens is 467 g/mol. The Balaban J connectivity index is 1.43. The van der Waals surface area contributed by atoms with Gasteiger partial charge in [0.25, 0.3) is 0 Å². The number of halogens is 1. The molecule has 2 aromatic carbocycles. The van der Waals surface area contributed by atoms with Crippen molar-refractivity contribution in [2.45, 2.75) is 24.7 Å². The molecule has 1 unspecified atom stereocenters. The highest BCUT2D eigenvalue weighted by Crippen LogP contribution is 2.31. The van der Waals surface area contributed by atoms with E-state index < -0.39 is 21.8 Å². The summed E-state index contributed by atoms with van der Waals surface area (Å²) in [5.74, 6) is -0.738. The Kier molecular flexibility index (Phi) is 6.12. The highest BCUT2D eigenvalue weighted by molar-refractivity contribution is 7.89. The van der Waals surface area contributed by atoms with E-state index in [1.54, 1.807) is 0 Å². The van der Waals surface area contributed by atoms with Crippen LogP contribution in [-0.4, -0.2) is 41.1 Å². The molecule has 0 bridgehead atoms. The number of amides is 1. The quantitative estimate of drug-likeness (QED) is 0.445. The lowest BCUT2D eigenvalue weighted by atomic mass is 9.99. The highest BCUT2D eigenvalue weighted by Gasteiger charge is 2.34. The fourth-order valence-corrected chi connectivity index (χ4v) is 5.99. The molecule has 0 saturated carbocycles. The minimum atomic E-state index is -3.83. The first-order valence-corrected chi connectivity index (χ1v) is 12.9. The van der Waals surface area contributed by atoms with Gasteiger partial charge in [0.2, 0.25) is 15.9 Å². The summed E-state index contributed by atoms with van der Waals surface area (Å²) >= 11 is 0. The molecule has 1 aliphatic heterocycles. The summed E-state index contributed by atoms with van der Waals surface area (Å²) < 4.78 is 42.6. The fourth-order valence-electron chi connectivity index (χ4n) is 4.47. The number of rotatable bonds is 5. The van der Waals surface area contributed by atoms with Crippen molar-refractivity contribution >= 4 is 27.4 Å². The molecule has 1 aliphatic rings. The summed E-state index contributed by atoms with van der Waals surface area (Å²) in [5.41, 5.74) is 3.24. The Morgan fingerprint density at radius 1 is 1.06 bits per heavy atom. The normalized spacial score (nSPS) is 16.9. The SMILES string of the molecule is Cc1cccn2c(NC(=O)C3CCCN(S(=O)(=O)c4ccc(F)cc4)C3)c(-c3ccccc3)nc12. The molecule has 2 aromatic heterocycles. The molecule has 1 N–H and O–H groups in total. The zero-order valence-electron chi connectivity index (χ0n) is 19.2. The second kappa shape index (κ2) is 9.24. The Morgan fingerprint density at radius 3 is 2.54 bits per heavy atom. The summed E-state index contributed by atoms with van der Waals surface area (Å²) in [6.07, 6.45) is 2.97. The summed E-state index contributed by atoms with van der Waals surface area (Å²) in [4.78, 5) is 18.2. The van der Waals surface area contributed by atoms with E-state index in [2.05, 4.69) is 5.32 Å². The lowest BCUT2D eigenvalue weighted by Gasteiger charge is -2.31. The number of nitrogens with zero attached hydrogens (tertiary/aromatic N) is 3. The molecule has 1 saturated heterocycles. The Labute approximate surface area is 203 Å². The van der Waals surface area contributed by atoms with Gasteiger partial charge in [-0.1, -0.05) is 36.4 Å². The molecule has 180 valence electrons. The van der Waals surface area contributed by atoms with Gasteiger partial charge < -0.3 is 5.32 Å². The number of sulfonamides is 1. The first-order valence-electron chi connectivity index (χ1n) is 11.4. The van der Waals surface area contributed by atoms with Gasteiger partial charge in [0.1, 0.15) is 23.0 Å². The number of imidazole rings is 1. The maximum Gasteiger partial charge on any atom is 0.243 e. The molecule has 3 heterocycles. The fraction of sp³-hybridized carbons (Fsp3) is 0.231. The van der Waals surface area contributed by atoms with E-state index in [1.165, 1.54) is 16.4 Å². The number of carbonyl (C=O) groups is 1. The van der Waals surface area contributed by atoms with Crippen molar-refractivity contribution in [1.82, 2.24) is 13.7 Å². The number of pyridine rings is 1. The lowest BCUT2D eigenvalue weighted by Crippen LogP contribution is -2.43. The monoisotopic (exact) mass is 492 g/mol. The van der Waals surface area contributed by atoms with E-state index in [4.69, 9.17) is 4.98 Å². The van der Waals surface area contributed by atoms with Crippen LogP contribution in [0.5, 0.6) is 0 Å². The smallest absolute Gasteiger partial charge is 0.243 e. The predicted molar refractivity (Wildman–Crippen MR) is 132 cm³/mol. The van der Waals surface area contributed by atoms with E-state index >= 15 is 0 Å². The van der Waals surface area contributed by atoms with Gasteiger partial charge in [-0.05, 0) is 55.7 Å². The van der Waals surface area contributed by atoms with Gasteiger partial charge >= 0.3 is 0 Å². The van der Waals surface area contributed by atoms with Crippen molar-refractivity contribution in [1.29, 1.82) is 0 Å². The number of aromatic nitrogens is 2. The average Bonchev–Trinajstić information content (AvgIpc) is 3.24. The van der Waals surface area contributed by atoms with Crippen molar-refractivity contribution < 1.29 is 17.6 Å². The van der Waals surface area contributed by atoms with E-state index in [0.29, 0.717) is 30.9 Å².